The van der Waals surface area contributed by atoms with Gasteiger partial charge >= 0.3 is 12.1 Å². The van der Waals surface area contributed by atoms with Crippen LogP contribution in [-0.4, -0.2) is 16.2 Å². The van der Waals surface area contributed by atoms with Crippen molar-refractivity contribution in [1.29, 1.82) is 0 Å². The van der Waals surface area contributed by atoms with Crippen molar-refractivity contribution in [3.63, 3.8) is 0 Å². The maximum atomic E-state index is 12.6. The summed E-state index contributed by atoms with van der Waals surface area (Å²) in [6.45, 7) is 1.53. The van der Waals surface area contributed by atoms with Gasteiger partial charge in [-0.05, 0) is 43.3 Å². The van der Waals surface area contributed by atoms with Crippen LogP contribution in [0.5, 0.6) is 0 Å². The highest BCUT2D eigenvalue weighted by Crippen LogP contribution is 2.29. The molecular weight excluding hydrogens is 349 g/mol. The number of ether oxygens (including phenoxy) is 1. The van der Waals surface area contributed by atoms with Crippen LogP contribution in [0.25, 0.3) is 11.5 Å². The van der Waals surface area contributed by atoms with Gasteiger partial charge in [-0.2, -0.15) is 13.2 Å². The molecule has 1 aromatic heterocycles. The standard InChI is InChI=1S/C18H13F3N2O3/c1-11(15-22-23-16(26-15)12-5-3-2-4-6-12)25-17(24)13-7-9-14(10-8-13)18(19,20)21/h2-11H,1H3/t11-/m0/s1. The number of rotatable bonds is 4. The van der Waals surface area contributed by atoms with Crippen molar-refractivity contribution in [3.8, 4) is 11.5 Å². The van der Waals surface area contributed by atoms with E-state index in [-0.39, 0.29) is 17.3 Å². The summed E-state index contributed by atoms with van der Waals surface area (Å²) in [6.07, 6.45) is -5.32. The first kappa shape index (κ1) is 17.7. The topological polar surface area (TPSA) is 65.2 Å². The zero-order chi connectivity index (χ0) is 18.7. The van der Waals surface area contributed by atoms with E-state index in [9.17, 15) is 18.0 Å². The average Bonchev–Trinajstić information content (AvgIpc) is 3.12. The molecule has 3 aromatic rings. The smallest absolute Gasteiger partial charge is 0.416 e. The molecule has 0 saturated carbocycles. The fourth-order valence-electron chi connectivity index (χ4n) is 2.17. The minimum atomic E-state index is -4.46. The molecule has 0 saturated heterocycles. The van der Waals surface area contributed by atoms with Crippen molar-refractivity contribution in [1.82, 2.24) is 10.2 Å². The van der Waals surface area contributed by atoms with Gasteiger partial charge in [-0.15, -0.1) is 10.2 Å². The third-order valence-electron chi connectivity index (χ3n) is 3.54. The van der Waals surface area contributed by atoms with Crippen molar-refractivity contribution >= 4 is 5.97 Å². The fraction of sp³-hybridized carbons (Fsp3) is 0.167. The van der Waals surface area contributed by atoms with Crippen molar-refractivity contribution in [2.24, 2.45) is 0 Å². The number of alkyl halides is 3. The predicted octanol–water partition coefficient (Wildman–Crippen LogP) is 4.67. The Morgan fingerprint density at radius 3 is 2.31 bits per heavy atom. The highest BCUT2D eigenvalue weighted by atomic mass is 19.4. The first-order chi connectivity index (χ1) is 12.3. The summed E-state index contributed by atoms with van der Waals surface area (Å²) >= 11 is 0. The molecule has 1 heterocycles. The first-order valence-corrected chi connectivity index (χ1v) is 7.61. The van der Waals surface area contributed by atoms with Crippen molar-refractivity contribution in [2.75, 3.05) is 0 Å². The van der Waals surface area contributed by atoms with Crippen molar-refractivity contribution in [2.45, 2.75) is 19.2 Å². The molecule has 1 atom stereocenters. The van der Waals surface area contributed by atoms with Crippen molar-refractivity contribution < 1.29 is 27.1 Å². The number of carbonyl (C=O) groups is 1. The number of nitrogens with zero attached hydrogens (tertiary/aromatic N) is 2. The Labute approximate surface area is 146 Å². The van der Waals surface area contributed by atoms with Gasteiger partial charge in [0.25, 0.3) is 5.89 Å². The second kappa shape index (κ2) is 6.99. The molecule has 8 heteroatoms. The van der Waals surface area contributed by atoms with Gasteiger partial charge in [0.15, 0.2) is 6.10 Å². The van der Waals surface area contributed by atoms with E-state index >= 15 is 0 Å². The molecule has 0 fully saturated rings. The van der Waals surface area contributed by atoms with Crippen LogP contribution in [-0.2, 0) is 10.9 Å². The molecular formula is C18H13F3N2O3. The Hall–Kier alpha value is -3.16. The summed E-state index contributed by atoms with van der Waals surface area (Å²) in [5.74, 6) is -0.423. The number of halogens is 3. The summed E-state index contributed by atoms with van der Waals surface area (Å²) in [6, 6.07) is 12.8. The second-order valence-corrected chi connectivity index (χ2v) is 5.43. The largest absolute Gasteiger partial charge is 0.449 e. The molecule has 26 heavy (non-hydrogen) atoms. The van der Waals surface area contributed by atoms with Gasteiger partial charge in [-0.1, -0.05) is 18.2 Å². The minimum Gasteiger partial charge on any atom is -0.449 e. The Balaban J connectivity index is 1.69. The normalized spacial score (nSPS) is 12.6. The van der Waals surface area contributed by atoms with Crippen LogP contribution in [0.3, 0.4) is 0 Å². The number of hydrogen-bond donors (Lipinski definition) is 0. The summed E-state index contributed by atoms with van der Waals surface area (Å²) in [7, 11) is 0. The van der Waals surface area contributed by atoms with E-state index in [2.05, 4.69) is 10.2 Å². The highest BCUT2D eigenvalue weighted by molar-refractivity contribution is 5.89. The van der Waals surface area contributed by atoms with E-state index in [1.54, 1.807) is 12.1 Å². The fourth-order valence-corrected chi connectivity index (χ4v) is 2.17. The van der Waals surface area contributed by atoms with Crippen LogP contribution in [0.1, 0.15) is 34.8 Å². The molecule has 3 rings (SSSR count). The minimum absolute atomic E-state index is 0.00681. The summed E-state index contributed by atoms with van der Waals surface area (Å²) in [4.78, 5) is 12.1. The van der Waals surface area contributed by atoms with Crippen LogP contribution in [0.15, 0.2) is 59.0 Å². The monoisotopic (exact) mass is 362 g/mol. The van der Waals surface area contributed by atoms with E-state index in [0.29, 0.717) is 5.56 Å². The third kappa shape index (κ3) is 3.90. The average molecular weight is 362 g/mol. The molecule has 134 valence electrons. The lowest BCUT2D eigenvalue weighted by Crippen LogP contribution is -2.11. The van der Waals surface area contributed by atoms with Crippen LogP contribution < -0.4 is 0 Å². The number of benzene rings is 2. The van der Waals surface area contributed by atoms with Gasteiger partial charge in [-0.3, -0.25) is 0 Å². The van der Waals surface area contributed by atoms with Gasteiger partial charge in [0.2, 0.25) is 5.89 Å². The molecule has 5 nitrogen and oxygen atoms in total. The van der Waals surface area contributed by atoms with E-state index in [4.69, 9.17) is 9.15 Å². The number of carbonyl (C=O) groups excluding carboxylic acids is 1. The lowest BCUT2D eigenvalue weighted by molar-refractivity contribution is -0.137. The van der Waals surface area contributed by atoms with E-state index in [1.165, 1.54) is 6.92 Å². The Morgan fingerprint density at radius 1 is 1.04 bits per heavy atom. The molecule has 0 spiro atoms. The van der Waals surface area contributed by atoms with Crippen molar-refractivity contribution in [3.05, 3.63) is 71.6 Å². The zero-order valence-corrected chi connectivity index (χ0v) is 13.5. The summed E-state index contributed by atoms with van der Waals surface area (Å²) < 4.78 is 48.3. The molecule has 0 aliphatic carbocycles. The SMILES string of the molecule is C[C@H](OC(=O)c1ccc(C(F)(F)F)cc1)c1nnc(-c2ccccc2)o1. The van der Waals surface area contributed by atoms with Gasteiger partial charge < -0.3 is 9.15 Å². The maximum Gasteiger partial charge on any atom is 0.416 e. The van der Waals surface area contributed by atoms with Crippen LogP contribution >= 0.6 is 0 Å². The predicted molar refractivity (Wildman–Crippen MR) is 85.0 cm³/mol. The molecule has 0 aliphatic rings. The number of hydrogen-bond acceptors (Lipinski definition) is 5. The molecule has 0 aliphatic heterocycles. The third-order valence-corrected chi connectivity index (χ3v) is 3.54. The van der Waals surface area contributed by atoms with E-state index in [1.807, 2.05) is 18.2 Å². The van der Waals surface area contributed by atoms with E-state index in [0.717, 1.165) is 24.3 Å². The molecule has 0 amide bonds. The number of esters is 1. The second-order valence-electron chi connectivity index (χ2n) is 5.43. The molecule has 2 aromatic carbocycles. The Morgan fingerprint density at radius 2 is 1.69 bits per heavy atom. The lowest BCUT2D eigenvalue weighted by atomic mass is 10.1. The zero-order valence-electron chi connectivity index (χ0n) is 13.5. The highest BCUT2D eigenvalue weighted by Gasteiger charge is 2.30. The maximum absolute atomic E-state index is 12.6. The number of aromatic nitrogens is 2. The van der Waals surface area contributed by atoms with Gasteiger partial charge in [-0.25, -0.2) is 4.79 Å². The van der Waals surface area contributed by atoms with Gasteiger partial charge in [0.1, 0.15) is 0 Å². The van der Waals surface area contributed by atoms with Crippen LogP contribution in [0, 0.1) is 0 Å². The first-order valence-electron chi connectivity index (χ1n) is 7.61. The Bertz CT molecular complexity index is 890. The molecule has 0 N–H and O–H groups in total. The molecule has 0 bridgehead atoms. The Kier molecular flexibility index (Phi) is 4.75. The van der Waals surface area contributed by atoms with Gasteiger partial charge in [0, 0.05) is 5.56 Å². The summed E-state index contributed by atoms with van der Waals surface area (Å²) in [5, 5.41) is 7.74. The summed E-state index contributed by atoms with van der Waals surface area (Å²) in [5.41, 5.74) is -0.133. The van der Waals surface area contributed by atoms with Gasteiger partial charge in [0.05, 0.1) is 11.1 Å². The quantitative estimate of drug-likeness (QED) is 0.631. The van der Waals surface area contributed by atoms with Crippen LogP contribution in [0.2, 0.25) is 0 Å². The lowest BCUT2D eigenvalue weighted by Gasteiger charge is -2.10. The molecule has 0 radical (unpaired) electrons. The van der Waals surface area contributed by atoms with E-state index < -0.39 is 23.8 Å². The van der Waals surface area contributed by atoms with Crippen LogP contribution in [0.4, 0.5) is 13.2 Å². The molecule has 0 unspecified atom stereocenters.